The number of para-hydroxylation sites is 1. The summed E-state index contributed by atoms with van der Waals surface area (Å²) in [5.41, 5.74) is 2.86. The molecule has 0 unspecified atom stereocenters. The van der Waals surface area contributed by atoms with E-state index < -0.39 is 11.8 Å². The molecule has 25 heavy (non-hydrogen) atoms. The van der Waals surface area contributed by atoms with Gasteiger partial charge in [-0.15, -0.1) is 0 Å². The van der Waals surface area contributed by atoms with Gasteiger partial charge in [0.2, 0.25) is 0 Å². The van der Waals surface area contributed by atoms with Gasteiger partial charge in [-0.1, -0.05) is 38.1 Å². The van der Waals surface area contributed by atoms with E-state index >= 15 is 0 Å². The summed E-state index contributed by atoms with van der Waals surface area (Å²) in [6, 6.07) is 14.3. The minimum atomic E-state index is -0.608. The lowest BCUT2D eigenvalue weighted by molar-refractivity contribution is 0.0594. The highest BCUT2D eigenvalue weighted by molar-refractivity contribution is 5.98. The molecule has 0 radical (unpaired) electrons. The van der Waals surface area contributed by atoms with Crippen molar-refractivity contribution in [1.82, 2.24) is 4.98 Å². The number of carbonyl (C=O) groups is 1. The predicted octanol–water partition coefficient (Wildman–Crippen LogP) is 5.03. The summed E-state index contributed by atoms with van der Waals surface area (Å²) in [4.78, 5) is 16.0. The number of ether oxygens (including phenoxy) is 1. The van der Waals surface area contributed by atoms with Crippen LogP contribution in [-0.2, 0) is 4.74 Å². The first kappa shape index (κ1) is 16.9. The van der Waals surface area contributed by atoms with E-state index in [2.05, 4.69) is 24.1 Å². The molecule has 0 atom stereocenters. The number of hydrogen-bond donors (Lipinski definition) is 1. The van der Waals surface area contributed by atoms with Gasteiger partial charge in [0.05, 0.1) is 12.8 Å². The summed E-state index contributed by atoms with van der Waals surface area (Å²) in [7, 11) is 1.27. The number of benzene rings is 2. The Bertz CT molecular complexity index is 921. The lowest BCUT2D eigenvalue weighted by atomic mass is 10.0. The van der Waals surface area contributed by atoms with Crippen molar-refractivity contribution in [2.24, 2.45) is 0 Å². The van der Waals surface area contributed by atoms with Gasteiger partial charge in [-0.2, -0.15) is 0 Å². The van der Waals surface area contributed by atoms with E-state index in [-0.39, 0.29) is 11.2 Å². The molecule has 0 saturated carbocycles. The zero-order chi connectivity index (χ0) is 18.0. The monoisotopic (exact) mass is 338 g/mol. The van der Waals surface area contributed by atoms with Crippen LogP contribution in [0.4, 0.5) is 15.8 Å². The fraction of sp³-hybridized carbons (Fsp3) is 0.200. The van der Waals surface area contributed by atoms with Gasteiger partial charge in [0, 0.05) is 11.1 Å². The molecule has 1 N–H and O–H groups in total. The summed E-state index contributed by atoms with van der Waals surface area (Å²) in [5.74, 6) is -0.652. The maximum absolute atomic E-state index is 14.2. The minimum Gasteiger partial charge on any atom is -0.464 e. The van der Waals surface area contributed by atoms with Crippen molar-refractivity contribution in [2.75, 3.05) is 12.4 Å². The molecular weight excluding hydrogens is 319 g/mol. The molecule has 4 nitrogen and oxygen atoms in total. The number of esters is 1. The Kier molecular flexibility index (Phi) is 4.65. The molecule has 0 spiro atoms. The molecule has 0 aliphatic rings. The fourth-order valence-electron chi connectivity index (χ4n) is 2.63. The number of carbonyl (C=O) groups excluding carboxylic acids is 1. The molecule has 0 bridgehead atoms. The van der Waals surface area contributed by atoms with Crippen LogP contribution in [-0.4, -0.2) is 18.1 Å². The number of pyridine rings is 1. The minimum absolute atomic E-state index is 0.0569. The first-order chi connectivity index (χ1) is 12.0. The number of rotatable bonds is 4. The van der Waals surface area contributed by atoms with Gasteiger partial charge in [-0.25, -0.2) is 14.2 Å². The normalized spacial score (nSPS) is 10.9. The number of anilines is 2. The van der Waals surface area contributed by atoms with Crippen LogP contribution in [0, 0.1) is 5.82 Å². The quantitative estimate of drug-likeness (QED) is 0.678. The maximum atomic E-state index is 14.2. The van der Waals surface area contributed by atoms with Crippen LogP contribution in [0.15, 0.2) is 48.5 Å². The SMILES string of the molecule is COC(=O)c1cc(Nc2ccc(C(C)C)cc2)c2cccc(F)c2n1. The van der Waals surface area contributed by atoms with Crippen molar-refractivity contribution in [3.63, 3.8) is 0 Å². The van der Waals surface area contributed by atoms with Crippen molar-refractivity contribution < 1.29 is 13.9 Å². The number of halogens is 1. The Labute approximate surface area is 145 Å². The second-order valence-electron chi connectivity index (χ2n) is 6.08. The molecule has 0 aliphatic heterocycles. The Morgan fingerprint density at radius 3 is 2.52 bits per heavy atom. The topological polar surface area (TPSA) is 51.2 Å². The van der Waals surface area contributed by atoms with Crippen molar-refractivity contribution in [3.8, 4) is 0 Å². The number of nitrogens with zero attached hydrogens (tertiary/aromatic N) is 1. The summed E-state index contributed by atoms with van der Waals surface area (Å²) < 4.78 is 18.9. The third kappa shape index (κ3) is 3.45. The van der Waals surface area contributed by atoms with Gasteiger partial charge >= 0.3 is 5.97 Å². The maximum Gasteiger partial charge on any atom is 0.356 e. The molecule has 3 rings (SSSR count). The van der Waals surface area contributed by atoms with Crippen molar-refractivity contribution in [1.29, 1.82) is 0 Å². The lowest BCUT2D eigenvalue weighted by Gasteiger charge is -2.13. The van der Waals surface area contributed by atoms with Crippen molar-refractivity contribution >= 4 is 28.2 Å². The molecule has 0 fully saturated rings. The highest BCUT2D eigenvalue weighted by Gasteiger charge is 2.15. The van der Waals surface area contributed by atoms with Crippen molar-refractivity contribution in [3.05, 3.63) is 65.6 Å². The Balaban J connectivity index is 2.07. The number of nitrogens with one attached hydrogen (secondary N) is 1. The van der Waals surface area contributed by atoms with Crippen LogP contribution in [0.5, 0.6) is 0 Å². The van der Waals surface area contributed by atoms with Crippen LogP contribution in [0.1, 0.15) is 35.8 Å². The summed E-state index contributed by atoms with van der Waals surface area (Å²) >= 11 is 0. The molecule has 0 amide bonds. The number of methoxy groups -OCH3 is 1. The van der Waals surface area contributed by atoms with E-state index in [0.29, 0.717) is 17.0 Å². The van der Waals surface area contributed by atoms with Crippen molar-refractivity contribution in [2.45, 2.75) is 19.8 Å². The average molecular weight is 338 g/mol. The Morgan fingerprint density at radius 2 is 1.88 bits per heavy atom. The molecule has 2 aromatic carbocycles. The van der Waals surface area contributed by atoms with Crippen LogP contribution in [0.2, 0.25) is 0 Å². The van der Waals surface area contributed by atoms with E-state index in [4.69, 9.17) is 4.74 Å². The van der Waals surface area contributed by atoms with Gasteiger partial charge < -0.3 is 10.1 Å². The summed E-state index contributed by atoms with van der Waals surface area (Å²) in [6.45, 7) is 4.26. The Hall–Kier alpha value is -2.95. The fourth-order valence-corrected chi connectivity index (χ4v) is 2.63. The first-order valence-electron chi connectivity index (χ1n) is 8.04. The van der Waals surface area contributed by atoms with Gasteiger partial charge in [-0.3, -0.25) is 0 Å². The first-order valence-corrected chi connectivity index (χ1v) is 8.04. The molecule has 5 heteroatoms. The third-order valence-corrected chi connectivity index (χ3v) is 4.04. The standard InChI is InChI=1S/C20H19FN2O2/c1-12(2)13-7-9-14(10-8-13)22-17-11-18(20(24)25-3)23-19-15(17)5-4-6-16(19)21/h4-12H,1-3H3,(H,22,23). The molecule has 128 valence electrons. The lowest BCUT2D eigenvalue weighted by Crippen LogP contribution is -2.06. The van der Waals surface area contributed by atoms with E-state index in [0.717, 1.165) is 5.69 Å². The van der Waals surface area contributed by atoms with Gasteiger partial charge in [0.1, 0.15) is 11.3 Å². The van der Waals surface area contributed by atoms with E-state index in [1.165, 1.54) is 18.7 Å². The van der Waals surface area contributed by atoms with Crippen LogP contribution in [0.25, 0.3) is 10.9 Å². The number of fused-ring (bicyclic) bond motifs is 1. The number of aromatic nitrogens is 1. The number of hydrogen-bond acceptors (Lipinski definition) is 4. The smallest absolute Gasteiger partial charge is 0.356 e. The van der Waals surface area contributed by atoms with Crippen LogP contribution in [0.3, 0.4) is 0 Å². The molecule has 1 aromatic heterocycles. The van der Waals surface area contributed by atoms with E-state index in [9.17, 15) is 9.18 Å². The van der Waals surface area contributed by atoms with E-state index in [1.807, 2.05) is 24.3 Å². The second-order valence-corrected chi connectivity index (χ2v) is 6.08. The van der Waals surface area contributed by atoms with Crippen LogP contribution < -0.4 is 5.32 Å². The van der Waals surface area contributed by atoms with Gasteiger partial charge in [0.15, 0.2) is 5.69 Å². The molecular formula is C20H19FN2O2. The second kappa shape index (κ2) is 6.89. The third-order valence-electron chi connectivity index (χ3n) is 4.04. The Morgan fingerprint density at radius 1 is 1.16 bits per heavy atom. The molecule has 0 saturated heterocycles. The molecule has 3 aromatic rings. The molecule has 1 heterocycles. The predicted molar refractivity (Wildman–Crippen MR) is 96.9 cm³/mol. The largest absolute Gasteiger partial charge is 0.464 e. The van der Waals surface area contributed by atoms with Gasteiger partial charge in [0.25, 0.3) is 0 Å². The van der Waals surface area contributed by atoms with Gasteiger partial charge in [-0.05, 0) is 35.7 Å². The summed E-state index contributed by atoms with van der Waals surface area (Å²) in [5, 5.41) is 3.84. The van der Waals surface area contributed by atoms with E-state index in [1.54, 1.807) is 18.2 Å². The highest BCUT2D eigenvalue weighted by Crippen LogP contribution is 2.29. The zero-order valence-corrected chi connectivity index (χ0v) is 14.3. The van der Waals surface area contributed by atoms with Crippen LogP contribution >= 0.6 is 0 Å². The summed E-state index contributed by atoms with van der Waals surface area (Å²) in [6.07, 6.45) is 0. The molecule has 0 aliphatic carbocycles. The average Bonchev–Trinajstić information content (AvgIpc) is 2.62. The zero-order valence-electron chi connectivity index (χ0n) is 14.3. The highest BCUT2D eigenvalue weighted by atomic mass is 19.1.